The Kier molecular flexibility index (Phi) is 5.28. The van der Waals surface area contributed by atoms with Crippen LogP contribution in [0.15, 0.2) is 42.6 Å². The number of nitrogens with zero attached hydrogens (tertiary/aromatic N) is 5. The van der Waals surface area contributed by atoms with E-state index in [1.807, 2.05) is 38.4 Å². The van der Waals surface area contributed by atoms with Gasteiger partial charge in [0, 0.05) is 38.2 Å². The Morgan fingerprint density at radius 1 is 1.19 bits per heavy atom. The summed E-state index contributed by atoms with van der Waals surface area (Å²) in [4.78, 5) is 4.72. The SMILES string of the molecule is Cc1cccc(-c2cc(Nc3cc(O[C@H]4CCOC[C@H]4O)c4cnn(C)c4n3)n(C)n2)c1. The molecule has 0 amide bonds. The van der Waals surface area contributed by atoms with Crippen LogP contribution in [0.25, 0.3) is 22.3 Å². The first-order valence-corrected chi connectivity index (χ1v) is 10.6. The highest BCUT2D eigenvalue weighted by Crippen LogP contribution is 2.31. The number of aryl methyl sites for hydroxylation is 3. The Hall–Kier alpha value is -3.43. The Morgan fingerprint density at radius 2 is 2.06 bits per heavy atom. The number of anilines is 2. The predicted octanol–water partition coefficient (Wildman–Crippen LogP) is 2.95. The normalized spacial score (nSPS) is 18.8. The minimum atomic E-state index is -0.672. The molecule has 1 saturated heterocycles. The molecule has 2 N–H and O–H groups in total. The third-order valence-electron chi connectivity index (χ3n) is 5.66. The lowest BCUT2D eigenvalue weighted by Gasteiger charge is -2.28. The Balaban J connectivity index is 1.47. The maximum Gasteiger partial charge on any atom is 0.163 e. The number of fused-ring (bicyclic) bond motifs is 1. The third kappa shape index (κ3) is 3.92. The van der Waals surface area contributed by atoms with Crippen LogP contribution in [-0.2, 0) is 18.8 Å². The van der Waals surface area contributed by atoms with Gasteiger partial charge in [-0.1, -0.05) is 23.8 Å². The number of pyridine rings is 1. The average Bonchev–Trinajstić information content (AvgIpc) is 3.33. The Morgan fingerprint density at radius 3 is 2.88 bits per heavy atom. The Labute approximate surface area is 185 Å². The van der Waals surface area contributed by atoms with E-state index in [9.17, 15) is 5.11 Å². The van der Waals surface area contributed by atoms with Gasteiger partial charge in [0.2, 0.25) is 0 Å². The molecule has 0 unspecified atom stereocenters. The van der Waals surface area contributed by atoms with E-state index in [1.165, 1.54) is 5.56 Å². The van der Waals surface area contributed by atoms with Gasteiger partial charge in [-0.05, 0) is 13.0 Å². The molecular weight excluding hydrogens is 408 g/mol. The van der Waals surface area contributed by atoms with Crippen molar-refractivity contribution in [3.8, 4) is 17.0 Å². The Bertz CT molecular complexity index is 1260. The zero-order chi connectivity index (χ0) is 22.2. The van der Waals surface area contributed by atoms with Crippen LogP contribution in [0.2, 0.25) is 0 Å². The fourth-order valence-electron chi connectivity index (χ4n) is 3.91. The second kappa shape index (κ2) is 8.25. The fraction of sp³-hybridized carbons (Fsp3) is 0.348. The molecule has 4 heterocycles. The summed E-state index contributed by atoms with van der Waals surface area (Å²) in [6.07, 6.45) is 1.34. The van der Waals surface area contributed by atoms with Crippen molar-refractivity contribution < 1.29 is 14.6 Å². The summed E-state index contributed by atoms with van der Waals surface area (Å²) in [6, 6.07) is 12.1. The summed E-state index contributed by atoms with van der Waals surface area (Å²) in [5.74, 6) is 2.03. The van der Waals surface area contributed by atoms with Crippen LogP contribution in [0.4, 0.5) is 11.6 Å². The van der Waals surface area contributed by atoms with Gasteiger partial charge in [0.15, 0.2) is 5.65 Å². The third-order valence-corrected chi connectivity index (χ3v) is 5.66. The van der Waals surface area contributed by atoms with Gasteiger partial charge >= 0.3 is 0 Å². The molecule has 9 heteroatoms. The molecule has 0 bridgehead atoms. The molecule has 3 aromatic heterocycles. The van der Waals surface area contributed by atoms with E-state index in [4.69, 9.17) is 14.5 Å². The molecule has 9 nitrogen and oxygen atoms in total. The summed E-state index contributed by atoms with van der Waals surface area (Å²) < 4.78 is 15.0. The van der Waals surface area contributed by atoms with Gasteiger partial charge in [0.1, 0.15) is 29.6 Å². The van der Waals surface area contributed by atoms with E-state index in [0.717, 1.165) is 22.5 Å². The number of aliphatic hydroxyl groups excluding tert-OH is 1. The summed E-state index contributed by atoms with van der Waals surface area (Å²) >= 11 is 0. The van der Waals surface area contributed by atoms with E-state index in [2.05, 4.69) is 34.6 Å². The van der Waals surface area contributed by atoms with Gasteiger partial charge in [-0.2, -0.15) is 10.2 Å². The standard InChI is InChI=1S/C23H26N6O3/c1-14-5-4-6-15(9-14)17-10-22(28(2)27-17)25-21-11-20(16-12-24-29(3)23(16)26-21)32-19-7-8-31-13-18(19)30/h4-6,9-12,18-19,30H,7-8,13H2,1-3H3,(H,25,26)/t18-,19+/m1/s1. The number of hydrogen-bond donors (Lipinski definition) is 2. The summed E-state index contributed by atoms with van der Waals surface area (Å²) in [5.41, 5.74) is 3.80. The molecule has 1 aromatic carbocycles. The fourth-order valence-corrected chi connectivity index (χ4v) is 3.91. The van der Waals surface area contributed by atoms with Crippen molar-refractivity contribution in [2.45, 2.75) is 25.6 Å². The molecular formula is C23H26N6O3. The molecule has 0 radical (unpaired) electrons. The van der Waals surface area contributed by atoms with Crippen molar-refractivity contribution in [1.29, 1.82) is 0 Å². The molecule has 5 rings (SSSR count). The second-order valence-electron chi connectivity index (χ2n) is 8.13. The molecule has 1 aliphatic heterocycles. The van der Waals surface area contributed by atoms with Crippen LogP contribution >= 0.6 is 0 Å². The van der Waals surface area contributed by atoms with E-state index < -0.39 is 6.10 Å². The number of rotatable bonds is 5. The summed E-state index contributed by atoms with van der Waals surface area (Å²) in [5, 5.41) is 23.4. The molecule has 0 spiro atoms. The van der Waals surface area contributed by atoms with Crippen LogP contribution in [0.5, 0.6) is 5.75 Å². The highest BCUT2D eigenvalue weighted by Gasteiger charge is 2.27. The molecule has 1 fully saturated rings. The molecule has 2 atom stereocenters. The number of nitrogens with one attached hydrogen (secondary N) is 1. The van der Waals surface area contributed by atoms with Gasteiger partial charge in [0.25, 0.3) is 0 Å². The molecule has 0 saturated carbocycles. The largest absolute Gasteiger partial charge is 0.487 e. The predicted molar refractivity (Wildman–Crippen MR) is 121 cm³/mol. The number of hydrogen-bond acceptors (Lipinski definition) is 7. The van der Waals surface area contributed by atoms with Crippen LogP contribution < -0.4 is 10.1 Å². The molecule has 166 valence electrons. The number of aliphatic hydroxyl groups is 1. The van der Waals surface area contributed by atoms with Crippen molar-refractivity contribution >= 4 is 22.7 Å². The number of benzene rings is 1. The summed E-state index contributed by atoms with van der Waals surface area (Å²) in [7, 11) is 3.73. The molecule has 32 heavy (non-hydrogen) atoms. The van der Waals surface area contributed by atoms with Gasteiger partial charge in [-0.25, -0.2) is 4.98 Å². The van der Waals surface area contributed by atoms with E-state index in [-0.39, 0.29) is 12.7 Å². The van der Waals surface area contributed by atoms with Crippen molar-refractivity contribution in [2.75, 3.05) is 18.5 Å². The highest BCUT2D eigenvalue weighted by molar-refractivity contribution is 5.84. The quantitative estimate of drug-likeness (QED) is 0.498. The maximum absolute atomic E-state index is 10.3. The monoisotopic (exact) mass is 434 g/mol. The zero-order valence-corrected chi connectivity index (χ0v) is 18.3. The highest BCUT2D eigenvalue weighted by atomic mass is 16.5. The lowest BCUT2D eigenvalue weighted by molar-refractivity contribution is -0.0746. The van der Waals surface area contributed by atoms with Gasteiger partial charge in [0.05, 0.1) is 30.5 Å². The lowest BCUT2D eigenvalue weighted by atomic mass is 10.1. The summed E-state index contributed by atoms with van der Waals surface area (Å²) in [6.45, 7) is 2.90. The van der Waals surface area contributed by atoms with Crippen LogP contribution in [0, 0.1) is 6.92 Å². The van der Waals surface area contributed by atoms with Crippen molar-refractivity contribution in [3.05, 3.63) is 48.2 Å². The smallest absolute Gasteiger partial charge is 0.163 e. The van der Waals surface area contributed by atoms with E-state index in [1.54, 1.807) is 15.6 Å². The van der Waals surface area contributed by atoms with Gasteiger partial charge in [-0.15, -0.1) is 0 Å². The first-order valence-electron chi connectivity index (χ1n) is 10.6. The molecule has 4 aromatic rings. The zero-order valence-electron chi connectivity index (χ0n) is 18.3. The van der Waals surface area contributed by atoms with Crippen LogP contribution in [0.3, 0.4) is 0 Å². The maximum atomic E-state index is 10.3. The lowest BCUT2D eigenvalue weighted by Crippen LogP contribution is -2.40. The van der Waals surface area contributed by atoms with E-state index in [0.29, 0.717) is 30.2 Å². The minimum Gasteiger partial charge on any atom is -0.487 e. The van der Waals surface area contributed by atoms with Crippen LogP contribution in [0.1, 0.15) is 12.0 Å². The number of aromatic nitrogens is 5. The van der Waals surface area contributed by atoms with Crippen molar-refractivity contribution in [1.82, 2.24) is 24.5 Å². The van der Waals surface area contributed by atoms with Gasteiger partial charge < -0.3 is 19.9 Å². The van der Waals surface area contributed by atoms with Crippen LogP contribution in [-0.4, -0.2) is 55.1 Å². The van der Waals surface area contributed by atoms with Crippen molar-refractivity contribution in [2.24, 2.45) is 14.1 Å². The second-order valence-corrected chi connectivity index (χ2v) is 8.13. The molecule has 1 aliphatic rings. The minimum absolute atomic E-state index is 0.272. The molecule has 0 aliphatic carbocycles. The van der Waals surface area contributed by atoms with Crippen molar-refractivity contribution in [3.63, 3.8) is 0 Å². The average molecular weight is 435 g/mol. The first-order chi connectivity index (χ1) is 15.5. The van der Waals surface area contributed by atoms with E-state index >= 15 is 0 Å². The first kappa shape index (κ1) is 20.5. The topological polar surface area (TPSA) is 99.2 Å². The number of ether oxygens (including phenoxy) is 2. The van der Waals surface area contributed by atoms with Gasteiger partial charge in [-0.3, -0.25) is 9.36 Å².